The molecule has 0 aliphatic carbocycles. The second-order valence-electron chi connectivity index (χ2n) is 4.25. The van der Waals surface area contributed by atoms with Crippen molar-refractivity contribution in [3.05, 3.63) is 59.2 Å². The highest BCUT2D eigenvalue weighted by Gasteiger charge is 2.02. The highest BCUT2D eigenvalue weighted by atomic mass is 32.2. The van der Waals surface area contributed by atoms with E-state index in [1.165, 1.54) is 21.6 Å². The molecule has 0 bridgehead atoms. The number of anilines is 1. The van der Waals surface area contributed by atoms with Crippen LogP contribution in [0, 0.1) is 13.8 Å². The third-order valence-corrected chi connectivity index (χ3v) is 4.03. The van der Waals surface area contributed by atoms with E-state index >= 15 is 0 Å². The number of nitrogens with two attached hydrogens (primary N) is 1. The molecule has 2 aromatic carbocycles. The minimum atomic E-state index is 0.874. The molecule has 1 nitrogen and oxygen atoms in total. The second-order valence-corrected chi connectivity index (χ2v) is 5.27. The summed E-state index contributed by atoms with van der Waals surface area (Å²) < 4.78 is 0. The molecule has 2 heteroatoms. The molecule has 0 spiro atoms. The Hall–Kier alpha value is -1.41. The van der Waals surface area contributed by atoms with Crippen molar-refractivity contribution in [3.8, 4) is 0 Å². The van der Waals surface area contributed by atoms with Crippen LogP contribution in [0.25, 0.3) is 0 Å². The van der Waals surface area contributed by atoms with Gasteiger partial charge in [-0.25, -0.2) is 0 Å². The maximum absolute atomic E-state index is 5.90. The van der Waals surface area contributed by atoms with Crippen LogP contribution in [0.15, 0.2) is 47.4 Å². The molecule has 2 aromatic rings. The number of benzene rings is 2. The average Bonchev–Trinajstić information content (AvgIpc) is 2.31. The van der Waals surface area contributed by atoms with E-state index in [0.717, 1.165) is 11.4 Å². The van der Waals surface area contributed by atoms with E-state index in [-0.39, 0.29) is 0 Å². The third-order valence-electron chi connectivity index (χ3n) is 2.80. The van der Waals surface area contributed by atoms with Gasteiger partial charge in [-0.2, -0.15) is 0 Å². The van der Waals surface area contributed by atoms with Crippen molar-refractivity contribution in [1.82, 2.24) is 0 Å². The van der Waals surface area contributed by atoms with Gasteiger partial charge in [0.2, 0.25) is 0 Å². The highest BCUT2D eigenvalue weighted by molar-refractivity contribution is 7.98. The summed E-state index contributed by atoms with van der Waals surface area (Å²) in [7, 11) is 0. The molecular weight excluding hydrogens is 226 g/mol. The number of hydrogen-bond donors (Lipinski definition) is 1. The predicted octanol–water partition coefficient (Wildman–Crippen LogP) is 4.18. The van der Waals surface area contributed by atoms with Crippen molar-refractivity contribution in [1.29, 1.82) is 0 Å². The summed E-state index contributed by atoms with van der Waals surface area (Å²) >= 11 is 1.84. The minimum Gasteiger partial charge on any atom is -0.398 e. The molecule has 17 heavy (non-hydrogen) atoms. The van der Waals surface area contributed by atoms with Crippen molar-refractivity contribution < 1.29 is 0 Å². The van der Waals surface area contributed by atoms with E-state index in [9.17, 15) is 0 Å². The van der Waals surface area contributed by atoms with E-state index in [1.807, 2.05) is 23.9 Å². The van der Waals surface area contributed by atoms with Crippen LogP contribution in [0.2, 0.25) is 0 Å². The monoisotopic (exact) mass is 243 g/mol. The average molecular weight is 243 g/mol. The maximum Gasteiger partial charge on any atom is 0.0354 e. The van der Waals surface area contributed by atoms with Gasteiger partial charge in [0.1, 0.15) is 0 Å². The van der Waals surface area contributed by atoms with Crippen LogP contribution in [0.4, 0.5) is 5.69 Å². The van der Waals surface area contributed by atoms with Gasteiger partial charge in [-0.1, -0.05) is 35.9 Å². The Labute approximate surface area is 107 Å². The fourth-order valence-electron chi connectivity index (χ4n) is 1.75. The van der Waals surface area contributed by atoms with Crippen LogP contribution >= 0.6 is 11.8 Å². The molecule has 0 heterocycles. The first-order valence-electron chi connectivity index (χ1n) is 5.70. The van der Waals surface area contributed by atoms with Crippen molar-refractivity contribution >= 4 is 17.4 Å². The number of thioether (sulfide) groups is 1. The fraction of sp³-hybridized carbons (Fsp3) is 0.200. The molecule has 0 amide bonds. The summed E-state index contributed by atoms with van der Waals surface area (Å²) in [6, 6.07) is 14.7. The molecule has 0 saturated heterocycles. The Morgan fingerprint density at radius 2 is 1.82 bits per heavy atom. The SMILES string of the molecule is Cc1cccc(CSc2cccc(N)c2C)c1. The van der Waals surface area contributed by atoms with Crippen LogP contribution < -0.4 is 5.73 Å². The minimum absolute atomic E-state index is 0.874. The molecular formula is C15H17NS. The zero-order chi connectivity index (χ0) is 12.3. The molecule has 0 aliphatic rings. The number of rotatable bonds is 3. The summed E-state index contributed by atoms with van der Waals surface area (Å²) in [4.78, 5) is 1.27. The largest absolute Gasteiger partial charge is 0.398 e. The predicted molar refractivity (Wildman–Crippen MR) is 76.3 cm³/mol. The van der Waals surface area contributed by atoms with E-state index in [0.29, 0.717) is 0 Å². The lowest BCUT2D eigenvalue weighted by molar-refractivity contribution is 1.29. The van der Waals surface area contributed by atoms with Crippen molar-refractivity contribution in [3.63, 3.8) is 0 Å². The molecule has 88 valence electrons. The summed E-state index contributed by atoms with van der Waals surface area (Å²) in [5.41, 5.74) is 10.6. The molecule has 0 atom stereocenters. The zero-order valence-electron chi connectivity index (χ0n) is 10.2. The van der Waals surface area contributed by atoms with Gasteiger partial charge in [-0.15, -0.1) is 11.8 Å². The van der Waals surface area contributed by atoms with E-state index < -0.39 is 0 Å². The lowest BCUT2D eigenvalue weighted by Crippen LogP contribution is -1.91. The Morgan fingerprint density at radius 3 is 2.59 bits per heavy atom. The summed E-state index contributed by atoms with van der Waals surface area (Å²) in [6.07, 6.45) is 0. The van der Waals surface area contributed by atoms with Gasteiger partial charge < -0.3 is 5.73 Å². The molecule has 0 fully saturated rings. The molecule has 0 radical (unpaired) electrons. The van der Waals surface area contributed by atoms with Crippen molar-refractivity contribution in [2.45, 2.75) is 24.5 Å². The Balaban J connectivity index is 2.10. The van der Waals surface area contributed by atoms with Crippen LogP contribution in [-0.2, 0) is 5.75 Å². The van der Waals surface area contributed by atoms with Crippen molar-refractivity contribution in [2.24, 2.45) is 0 Å². The van der Waals surface area contributed by atoms with Gasteiger partial charge in [0, 0.05) is 16.3 Å². The Kier molecular flexibility index (Phi) is 3.75. The van der Waals surface area contributed by atoms with Gasteiger partial charge in [0.05, 0.1) is 0 Å². The first kappa shape index (κ1) is 12.1. The number of nitrogen functional groups attached to an aromatic ring is 1. The molecule has 2 rings (SSSR count). The maximum atomic E-state index is 5.90. The van der Waals surface area contributed by atoms with Gasteiger partial charge in [-0.3, -0.25) is 0 Å². The number of aryl methyl sites for hydroxylation is 1. The fourth-order valence-corrected chi connectivity index (χ4v) is 2.76. The van der Waals surface area contributed by atoms with Crippen LogP contribution in [-0.4, -0.2) is 0 Å². The lowest BCUT2D eigenvalue weighted by Gasteiger charge is -2.08. The van der Waals surface area contributed by atoms with Crippen LogP contribution in [0.5, 0.6) is 0 Å². The van der Waals surface area contributed by atoms with E-state index in [2.05, 4.69) is 44.2 Å². The number of hydrogen-bond acceptors (Lipinski definition) is 2. The van der Waals surface area contributed by atoms with Crippen molar-refractivity contribution in [2.75, 3.05) is 5.73 Å². The first-order chi connectivity index (χ1) is 8.16. The standard InChI is InChI=1S/C15H17NS/c1-11-5-3-6-13(9-11)10-17-15-8-4-7-14(16)12(15)2/h3-9H,10,16H2,1-2H3. The van der Waals surface area contributed by atoms with Gasteiger partial charge >= 0.3 is 0 Å². The van der Waals surface area contributed by atoms with Gasteiger partial charge in [0.15, 0.2) is 0 Å². The Bertz CT molecular complexity index is 520. The Morgan fingerprint density at radius 1 is 1.06 bits per heavy atom. The molecule has 0 saturated carbocycles. The smallest absolute Gasteiger partial charge is 0.0354 e. The summed E-state index contributed by atoms with van der Waals surface area (Å²) in [5.74, 6) is 0.992. The first-order valence-corrected chi connectivity index (χ1v) is 6.69. The molecule has 2 N–H and O–H groups in total. The lowest BCUT2D eigenvalue weighted by atomic mass is 10.2. The molecule has 0 aliphatic heterocycles. The third kappa shape index (κ3) is 3.04. The van der Waals surface area contributed by atoms with Gasteiger partial charge in [0.25, 0.3) is 0 Å². The topological polar surface area (TPSA) is 26.0 Å². The van der Waals surface area contributed by atoms with Crippen LogP contribution in [0.3, 0.4) is 0 Å². The van der Waals surface area contributed by atoms with E-state index in [4.69, 9.17) is 5.73 Å². The highest BCUT2D eigenvalue weighted by Crippen LogP contribution is 2.28. The molecule has 0 unspecified atom stereocenters. The summed E-state index contributed by atoms with van der Waals surface area (Å²) in [5, 5.41) is 0. The quantitative estimate of drug-likeness (QED) is 0.646. The summed E-state index contributed by atoms with van der Waals surface area (Å²) in [6.45, 7) is 4.20. The van der Waals surface area contributed by atoms with Gasteiger partial charge in [-0.05, 0) is 37.1 Å². The molecule has 0 aromatic heterocycles. The van der Waals surface area contributed by atoms with E-state index in [1.54, 1.807) is 0 Å². The second kappa shape index (κ2) is 5.28. The van der Waals surface area contributed by atoms with Crippen LogP contribution in [0.1, 0.15) is 16.7 Å². The zero-order valence-corrected chi connectivity index (χ0v) is 11.1. The normalized spacial score (nSPS) is 10.5.